The summed E-state index contributed by atoms with van der Waals surface area (Å²) in [5, 5.41) is 11.4. The molecule has 0 unspecified atom stereocenters. The molecule has 294 valence electrons. The molecule has 0 aliphatic carbocycles. The van der Waals surface area contributed by atoms with Crippen molar-refractivity contribution in [3.63, 3.8) is 0 Å². The molecule has 6 heteroatoms. The first-order valence-electron chi connectivity index (χ1n) is 21.2. The number of rotatable bonds is 6. The summed E-state index contributed by atoms with van der Waals surface area (Å²) in [6, 6.07) is 74.6. The van der Waals surface area contributed by atoms with Crippen molar-refractivity contribution in [2.24, 2.45) is 0 Å². The highest BCUT2D eigenvalue weighted by Crippen LogP contribution is 2.43. The largest absolute Gasteiger partial charge is 0.455 e. The average molecular weight is 806 g/mol. The predicted octanol–water partition coefficient (Wildman–Crippen LogP) is 15.1. The van der Waals surface area contributed by atoms with E-state index in [1.807, 2.05) is 30.3 Å². The van der Waals surface area contributed by atoms with Gasteiger partial charge >= 0.3 is 0 Å². The lowest BCUT2D eigenvalue weighted by molar-refractivity contribution is 0.669. The number of furan rings is 1. The maximum atomic E-state index is 6.73. The Labute approximate surface area is 361 Å². The van der Waals surface area contributed by atoms with Crippen molar-refractivity contribution in [1.29, 1.82) is 0 Å². The molecule has 10 aromatic carbocycles. The molecule has 0 N–H and O–H groups in total. The van der Waals surface area contributed by atoms with Gasteiger partial charge in [-0.15, -0.1) is 0 Å². The van der Waals surface area contributed by atoms with Crippen LogP contribution < -0.4 is 4.90 Å². The number of hydrogen-bond donors (Lipinski definition) is 0. The summed E-state index contributed by atoms with van der Waals surface area (Å²) in [6.45, 7) is 0. The van der Waals surface area contributed by atoms with Crippen LogP contribution in [0.25, 0.3) is 105 Å². The van der Waals surface area contributed by atoms with Gasteiger partial charge in [-0.3, -0.25) is 4.57 Å². The van der Waals surface area contributed by atoms with Gasteiger partial charge in [-0.05, 0) is 93.0 Å². The van der Waals surface area contributed by atoms with Crippen LogP contribution in [0.1, 0.15) is 0 Å². The van der Waals surface area contributed by atoms with Gasteiger partial charge in [0.2, 0.25) is 5.95 Å². The predicted molar refractivity (Wildman–Crippen MR) is 260 cm³/mol. The van der Waals surface area contributed by atoms with Gasteiger partial charge in [0.25, 0.3) is 0 Å². The third-order valence-corrected chi connectivity index (χ3v) is 12.4. The normalized spacial score (nSPS) is 11.8. The van der Waals surface area contributed by atoms with E-state index in [2.05, 4.69) is 191 Å². The van der Waals surface area contributed by atoms with Crippen molar-refractivity contribution in [1.82, 2.24) is 19.5 Å². The fourth-order valence-corrected chi connectivity index (χ4v) is 9.52. The van der Waals surface area contributed by atoms with Crippen LogP contribution in [-0.4, -0.2) is 19.5 Å². The molecule has 0 aliphatic rings. The Kier molecular flexibility index (Phi) is 7.80. The maximum absolute atomic E-state index is 6.73. The molecule has 13 rings (SSSR count). The Hall–Kier alpha value is -8.61. The Morgan fingerprint density at radius 2 is 0.984 bits per heavy atom. The lowest BCUT2D eigenvalue weighted by Crippen LogP contribution is -2.10. The van der Waals surface area contributed by atoms with E-state index in [0.29, 0.717) is 17.6 Å². The van der Waals surface area contributed by atoms with E-state index >= 15 is 0 Å². The number of benzene rings is 10. The van der Waals surface area contributed by atoms with Gasteiger partial charge in [0.15, 0.2) is 11.6 Å². The lowest BCUT2D eigenvalue weighted by atomic mass is 10.0. The van der Waals surface area contributed by atoms with Crippen molar-refractivity contribution in [2.45, 2.75) is 0 Å². The summed E-state index contributed by atoms with van der Waals surface area (Å²) in [5.74, 6) is 1.63. The highest BCUT2D eigenvalue weighted by atomic mass is 16.3. The van der Waals surface area contributed by atoms with Crippen LogP contribution in [0.4, 0.5) is 17.1 Å². The standard InChI is InChI=1S/C57H35N5O/c1-3-17-39(18-4-1)55-58-56(47-25-13-24-46-53-45-23-12-10-16-38(45)28-33-51(53)63-54(46)47)60-57(59-55)62-49-32-30-43(35-48(49)52-44-22-11-9-15-37(44)27-31-50(52)62)61(41-20-5-2-6-21-41)42-29-26-36-14-7-8-19-40(36)34-42/h1-35H. The molecule has 3 heterocycles. The molecule has 0 amide bonds. The highest BCUT2D eigenvalue weighted by molar-refractivity contribution is 6.22. The molecule has 0 spiro atoms. The van der Waals surface area contributed by atoms with Gasteiger partial charge in [0.05, 0.1) is 16.6 Å². The van der Waals surface area contributed by atoms with E-state index in [0.717, 1.165) is 93.5 Å². The number of aromatic nitrogens is 4. The van der Waals surface area contributed by atoms with Crippen molar-refractivity contribution in [3.05, 3.63) is 212 Å². The summed E-state index contributed by atoms with van der Waals surface area (Å²) in [6.07, 6.45) is 0. The summed E-state index contributed by atoms with van der Waals surface area (Å²) in [4.78, 5) is 18.2. The Bertz CT molecular complexity index is 3930. The number of fused-ring (bicyclic) bond motifs is 11. The monoisotopic (exact) mass is 805 g/mol. The van der Waals surface area contributed by atoms with Gasteiger partial charge in [0.1, 0.15) is 11.2 Å². The van der Waals surface area contributed by atoms with Crippen molar-refractivity contribution in [3.8, 4) is 28.7 Å². The smallest absolute Gasteiger partial charge is 0.238 e. The SMILES string of the molecule is c1ccc(-c2nc(-c3cccc4c3oc3ccc5ccccc5c34)nc(-n3c4ccc(N(c5ccccc5)c5ccc6ccccc6c5)cc4c4c5ccccc5ccc43)n2)cc1. The summed E-state index contributed by atoms with van der Waals surface area (Å²) in [7, 11) is 0. The molecule has 63 heavy (non-hydrogen) atoms. The summed E-state index contributed by atoms with van der Waals surface area (Å²) < 4.78 is 8.93. The third kappa shape index (κ3) is 5.62. The van der Waals surface area contributed by atoms with E-state index in [1.165, 1.54) is 10.8 Å². The van der Waals surface area contributed by atoms with Crippen LogP contribution in [0.5, 0.6) is 0 Å². The van der Waals surface area contributed by atoms with Gasteiger partial charge in [0, 0.05) is 44.2 Å². The number of nitrogens with zero attached hydrogens (tertiary/aromatic N) is 5. The number of para-hydroxylation sites is 2. The van der Waals surface area contributed by atoms with Crippen LogP contribution >= 0.6 is 0 Å². The minimum atomic E-state index is 0.523. The molecule has 13 aromatic rings. The molecule has 0 saturated carbocycles. The van der Waals surface area contributed by atoms with E-state index in [9.17, 15) is 0 Å². The van der Waals surface area contributed by atoms with Crippen molar-refractivity contribution >= 4 is 93.1 Å². The Morgan fingerprint density at radius 3 is 1.79 bits per heavy atom. The Balaban J connectivity index is 1.08. The number of hydrogen-bond acceptors (Lipinski definition) is 5. The van der Waals surface area contributed by atoms with E-state index in [1.54, 1.807) is 0 Å². The van der Waals surface area contributed by atoms with Crippen LogP contribution in [-0.2, 0) is 0 Å². The van der Waals surface area contributed by atoms with Gasteiger partial charge in [-0.25, -0.2) is 4.98 Å². The van der Waals surface area contributed by atoms with Crippen LogP contribution in [0.15, 0.2) is 217 Å². The lowest BCUT2D eigenvalue weighted by Gasteiger charge is -2.26. The summed E-state index contributed by atoms with van der Waals surface area (Å²) in [5.41, 5.74) is 8.45. The molecule has 0 aliphatic heterocycles. The fourth-order valence-electron chi connectivity index (χ4n) is 9.52. The first-order valence-corrected chi connectivity index (χ1v) is 21.2. The quantitative estimate of drug-likeness (QED) is 0.167. The van der Waals surface area contributed by atoms with E-state index < -0.39 is 0 Å². The minimum Gasteiger partial charge on any atom is -0.455 e. The van der Waals surface area contributed by atoms with Crippen molar-refractivity contribution < 1.29 is 4.42 Å². The van der Waals surface area contributed by atoms with E-state index in [4.69, 9.17) is 19.4 Å². The Morgan fingerprint density at radius 1 is 0.381 bits per heavy atom. The second-order valence-electron chi connectivity index (χ2n) is 16.0. The number of anilines is 3. The van der Waals surface area contributed by atoms with Crippen LogP contribution in [0.2, 0.25) is 0 Å². The first-order chi connectivity index (χ1) is 31.2. The zero-order chi connectivity index (χ0) is 41.4. The third-order valence-electron chi connectivity index (χ3n) is 12.4. The zero-order valence-electron chi connectivity index (χ0n) is 33.9. The zero-order valence-corrected chi connectivity index (χ0v) is 33.9. The van der Waals surface area contributed by atoms with Gasteiger partial charge in [-0.1, -0.05) is 152 Å². The molecule has 0 saturated heterocycles. The molecule has 0 radical (unpaired) electrons. The molecule has 0 fully saturated rings. The average Bonchev–Trinajstić information content (AvgIpc) is 3.91. The molecule has 3 aromatic heterocycles. The molecular formula is C57H35N5O. The molecular weight excluding hydrogens is 771 g/mol. The summed E-state index contributed by atoms with van der Waals surface area (Å²) >= 11 is 0. The maximum Gasteiger partial charge on any atom is 0.238 e. The first kappa shape index (κ1) is 35.2. The molecule has 0 atom stereocenters. The van der Waals surface area contributed by atoms with Crippen molar-refractivity contribution in [2.75, 3.05) is 4.90 Å². The fraction of sp³-hybridized carbons (Fsp3) is 0. The topological polar surface area (TPSA) is 60.0 Å². The highest BCUT2D eigenvalue weighted by Gasteiger charge is 2.23. The second kappa shape index (κ2) is 14.0. The van der Waals surface area contributed by atoms with Crippen LogP contribution in [0.3, 0.4) is 0 Å². The van der Waals surface area contributed by atoms with Gasteiger partial charge in [-0.2, -0.15) is 9.97 Å². The van der Waals surface area contributed by atoms with E-state index in [-0.39, 0.29) is 0 Å². The molecule has 0 bridgehead atoms. The van der Waals surface area contributed by atoms with Crippen LogP contribution in [0, 0.1) is 0 Å². The van der Waals surface area contributed by atoms with Gasteiger partial charge < -0.3 is 9.32 Å². The second-order valence-corrected chi connectivity index (χ2v) is 16.0. The molecule has 6 nitrogen and oxygen atoms in total. The minimum absolute atomic E-state index is 0.523.